The topological polar surface area (TPSA) is 17.8 Å². The van der Waals surface area contributed by atoms with Gasteiger partial charge in [0.15, 0.2) is 0 Å². The molecule has 0 saturated carbocycles. The van der Waals surface area contributed by atoms with Crippen molar-refractivity contribution in [1.29, 1.82) is 0 Å². The first-order valence-electron chi connectivity index (χ1n) is 7.85. The Hall–Kier alpha value is -0.271. The molecule has 0 radical (unpaired) electrons. The maximum absolute atomic E-state index is 5.07. The Morgan fingerprint density at radius 3 is 2.06 bits per heavy atom. The van der Waals surface area contributed by atoms with E-state index < -0.39 is 6.51 Å². The minimum absolute atomic E-state index is 0.812. The van der Waals surface area contributed by atoms with E-state index in [2.05, 4.69) is 23.9 Å². The van der Waals surface area contributed by atoms with Gasteiger partial charge in [0.1, 0.15) is 0 Å². The summed E-state index contributed by atoms with van der Waals surface area (Å²) >= 11 is 0. The van der Waals surface area contributed by atoms with E-state index in [4.69, 9.17) is 5.10 Å². The first-order chi connectivity index (χ1) is 8.58. The van der Waals surface area contributed by atoms with Crippen LogP contribution in [-0.2, 0) is 17.4 Å². The first-order valence-corrected chi connectivity index (χ1v) is 14.1. The van der Waals surface area contributed by atoms with Gasteiger partial charge in [0.05, 0.1) is 0 Å². The molecule has 10 saturated heterocycles. The van der Waals surface area contributed by atoms with Crippen LogP contribution in [0, 0.1) is 0 Å². The number of hydrogen-bond acceptors (Lipinski definition) is 1. The predicted molar refractivity (Wildman–Crippen MR) is 63.3 cm³/mol. The summed E-state index contributed by atoms with van der Waals surface area (Å²) in [6.07, 6.45) is 3.54. The van der Waals surface area contributed by atoms with Crippen LogP contribution in [-0.4, -0.2) is 9.78 Å². The number of nitrogens with zero attached hydrogens (tertiary/aromatic N) is 2. The van der Waals surface area contributed by atoms with E-state index in [0.29, 0.717) is 0 Å². The van der Waals surface area contributed by atoms with Crippen molar-refractivity contribution in [3.63, 3.8) is 0 Å². The summed E-state index contributed by atoms with van der Waals surface area (Å²) in [7, 11) is 0. The molecule has 2 nitrogen and oxygen atoms in total. The van der Waals surface area contributed by atoms with Gasteiger partial charge in [-0.25, -0.2) is 0 Å². The van der Waals surface area contributed by atoms with Crippen molar-refractivity contribution in [1.82, 2.24) is 9.78 Å². The molecule has 1 aromatic heterocycles. The molecular weight excluding hydrogens is 264 g/mol. The van der Waals surface area contributed by atoms with Gasteiger partial charge in [0.25, 0.3) is 0 Å². The Bertz CT molecular complexity index is 1060. The molecule has 94 valence electrons. The number of aryl methyl sites for hydroxylation is 1. The van der Waals surface area contributed by atoms with Crippen LogP contribution in [0.25, 0.3) is 0 Å². The second kappa shape index (κ2) is 0.538. The zero-order valence-corrected chi connectivity index (χ0v) is 11.4. The molecule has 0 amide bonds. The standard InChI is InChI=1S/C10H11N2.C5H5.Fe/c1-2-9-7-8-12(11-9)10-5-3-4-6-10;1-2-4-5-3-1;/h3-8H,2H2,1H3;1-5H;. The second-order valence-corrected chi connectivity index (χ2v) is 34.8. The van der Waals surface area contributed by atoms with Crippen molar-refractivity contribution in [2.24, 2.45) is 0 Å². The summed E-state index contributed by atoms with van der Waals surface area (Å²) in [5.74, 6) is 0. The Morgan fingerprint density at radius 1 is 1.11 bits per heavy atom. The molecule has 1 spiro atoms. The van der Waals surface area contributed by atoms with Crippen LogP contribution in [0.4, 0.5) is 0 Å². The van der Waals surface area contributed by atoms with Gasteiger partial charge < -0.3 is 0 Å². The van der Waals surface area contributed by atoms with Crippen LogP contribution in [0.15, 0.2) is 12.3 Å². The molecule has 4 unspecified atom stereocenters. The number of rotatable bonds is 2. The van der Waals surface area contributed by atoms with Gasteiger partial charge >= 0.3 is 95.4 Å². The fraction of sp³-hybridized carbons (Fsp3) is 0.800. The average molecular weight is 280 g/mol. The molecule has 0 bridgehead atoms. The normalized spacial score (nSPS) is 113. The zero-order chi connectivity index (χ0) is 11.0. The third-order valence-electron chi connectivity index (χ3n) is 16.0. The molecule has 18 heavy (non-hydrogen) atoms. The monoisotopic (exact) mass is 280 g/mol. The number of hydrogen-bond donors (Lipinski definition) is 0. The molecular formula is C15H16FeN2. The van der Waals surface area contributed by atoms with Crippen LogP contribution >= 0.6 is 0 Å². The van der Waals surface area contributed by atoms with Crippen molar-refractivity contribution in [3.8, 4) is 0 Å². The van der Waals surface area contributed by atoms with Crippen molar-refractivity contribution in [2.45, 2.75) is 61.1 Å². The molecule has 0 aromatic carbocycles. The van der Waals surface area contributed by atoms with Gasteiger partial charge in [-0.05, 0) is 0 Å². The molecule has 0 aliphatic carbocycles. The molecule has 10 aliphatic heterocycles. The fourth-order valence-electron chi connectivity index (χ4n) is 17.4. The number of fused-ring (bicyclic) bond motifs is 10. The summed E-state index contributed by atoms with van der Waals surface area (Å²) in [5.41, 5.74) is 1.35. The van der Waals surface area contributed by atoms with E-state index in [1.54, 1.807) is 0 Å². The van der Waals surface area contributed by atoms with Gasteiger partial charge in [-0.2, -0.15) is 0 Å². The van der Waals surface area contributed by atoms with Crippen LogP contribution in [0.5, 0.6) is 0 Å². The Morgan fingerprint density at radius 2 is 1.72 bits per heavy atom. The van der Waals surface area contributed by atoms with Crippen molar-refractivity contribution < 1.29 is 6.51 Å². The van der Waals surface area contributed by atoms with E-state index in [0.717, 1.165) is 10.9 Å². The van der Waals surface area contributed by atoms with E-state index in [1.807, 2.05) is 0 Å². The Kier molecular flexibility index (Phi) is 0.193. The molecule has 11 rings (SSSR count). The van der Waals surface area contributed by atoms with Crippen LogP contribution in [0.2, 0.25) is 43.3 Å². The van der Waals surface area contributed by atoms with E-state index in [9.17, 15) is 0 Å². The molecule has 10 fully saturated rings. The van der Waals surface area contributed by atoms with Crippen LogP contribution in [0.1, 0.15) is 12.6 Å². The number of aromatic nitrogens is 2. The summed E-state index contributed by atoms with van der Waals surface area (Å²) in [4.78, 5) is 12.6. The molecule has 1 aromatic rings. The van der Waals surface area contributed by atoms with Gasteiger partial charge in [0.2, 0.25) is 0 Å². The maximum atomic E-state index is 5.07. The van der Waals surface area contributed by atoms with E-state index in [-0.39, 0.29) is 0 Å². The summed E-state index contributed by atoms with van der Waals surface area (Å²) in [6.45, 7) is -0.662. The van der Waals surface area contributed by atoms with Gasteiger partial charge in [0, 0.05) is 0 Å². The van der Waals surface area contributed by atoms with Crippen LogP contribution < -0.4 is 0 Å². The second-order valence-electron chi connectivity index (χ2n) is 11.2. The molecule has 10 aliphatic rings. The minimum atomic E-state index is -2.92. The molecule has 4 atom stereocenters. The third-order valence-corrected chi connectivity index (χ3v) is 58.1. The molecule has 3 heteroatoms. The van der Waals surface area contributed by atoms with Gasteiger partial charge in [-0.15, -0.1) is 0 Å². The summed E-state index contributed by atoms with van der Waals surface area (Å²) < 4.78 is 3.45. The van der Waals surface area contributed by atoms with Crippen molar-refractivity contribution in [2.75, 3.05) is 0 Å². The Balaban J connectivity index is 1.53. The quantitative estimate of drug-likeness (QED) is 0.755. The summed E-state index contributed by atoms with van der Waals surface area (Å²) in [6, 6.07) is 2.33. The van der Waals surface area contributed by atoms with Crippen LogP contribution in [0.3, 0.4) is 0 Å². The van der Waals surface area contributed by atoms with Gasteiger partial charge in [-0.3, -0.25) is 0 Å². The molecule has 0 N–H and O–H groups in total. The third kappa shape index (κ3) is 0.0647. The van der Waals surface area contributed by atoms with E-state index >= 15 is 0 Å². The Labute approximate surface area is 95.4 Å². The zero-order valence-electron chi connectivity index (χ0n) is 10.3. The van der Waals surface area contributed by atoms with Gasteiger partial charge in [-0.1, -0.05) is 0 Å². The first kappa shape index (κ1) is 6.45. The SMILES string of the molecule is CCc1ccn([C]23[CH]4[CH]5[CH]6[CH]2[Fe]56432789[CH]3[CH]2[CH]7[CH]8[CH]39)n1. The van der Waals surface area contributed by atoms with E-state index in [1.165, 1.54) is 49.0 Å². The van der Waals surface area contributed by atoms with Crippen molar-refractivity contribution >= 4 is 0 Å². The molecule has 11 heterocycles. The fourth-order valence-corrected chi connectivity index (χ4v) is 90.9. The predicted octanol–water partition coefficient (Wildman–Crippen LogP) is 3.70. The average Bonchev–Trinajstić information content (AvgIpc) is 3.33. The summed E-state index contributed by atoms with van der Waals surface area (Å²) in [5, 5.41) is 5.07. The van der Waals surface area contributed by atoms with Crippen molar-refractivity contribution in [3.05, 3.63) is 18.0 Å².